The molecule has 2 bridgehead atoms. The van der Waals surface area contributed by atoms with Crippen LogP contribution < -0.4 is 4.74 Å². The van der Waals surface area contributed by atoms with Crippen LogP contribution in [0.1, 0.15) is 36.0 Å². The van der Waals surface area contributed by atoms with Gasteiger partial charge in [-0.2, -0.15) is 0 Å². The van der Waals surface area contributed by atoms with Crippen LogP contribution in [-0.2, 0) is 0 Å². The summed E-state index contributed by atoms with van der Waals surface area (Å²) in [6, 6.07) is 4.18. The van der Waals surface area contributed by atoms with Crippen molar-refractivity contribution in [1.82, 2.24) is 0 Å². The summed E-state index contributed by atoms with van der Waals surface area (Å²) in [5, 5.41) is 0. The molecule has 96 valence electrons. The van der Waals surface area contributed by atoms with Gasteiger partial charge < -0.3 is 4.74 Å². The van der Waals surface area contributed by atoms with E-state index in [1.165, 1.54) is 38.2 Å². The van der Waals surface area contributed by atoms with E-state index in [0.717, 1.165) is 12.8 Å². The molecule has 0 spiro atoms. The van der Waals surface area contributed by atoms with Gasteiger partial charge in [0.2, 0.25) is 0 Å². The Labute approximate surface area is 106 Å². The minimum Gasteiger partial charge on any atom is -0.496 e. The minimum absolute atomic E-state index is 0.0681. The van der Waals surface area contributed by atoms with Gasteiger partial charge in [-0.3, -0.25) is 4.79 Å². The zero-order valence-corrected chi connectivity index (χ0v) is 10.5. The van der Waals surface area contributed by atoms with Crippen molar-refractivity contribution in [1.29, 1.82) is 0 Å². The topological polar surface area (TPSA) is 26.3 Å². The van der Waals surface area contributed by atoms with Gasteiger partial charge in [-0.25, -0.2) is 4.39 Å². The molecule has 0 heterocycles. The summed E-state index contributed by atoms with van der Waals surface area (Å²) >= 11 is 0. The highest BCUT2D eigenvalue weighted by atomic mass is 19.1. The summed E-state index contributed by atoms with van der Waals surface area (Å²) in [6.45, 7) is 0. The van der Waals surface area contributed by atoms with Crippen molar-refractivity contribution in [2.75, 3.05) is 7.11 Å². The minimum atomic E-state index is -0.373. The summed E-state index contributed by atoms with van der Waals surface area (Å²) in [7, 11) is 1.52. The van der Waals surface area contributed by atoms with Crippen molar-refractivity contribution in [3.63, 3.8) is 0 Å². The molecule has 0 amide bonds. The highest BCUT2D eigenvalue weighted by molar-refractivity contribution is 6.00. The van der Waals surface area contributed by atoms with Crippen molar-refractivity contribution < 1.29 is 13.9 Å². The third kappa shape index (κ3) is 1.82. The van der Waals surface area contributed by atoms with Crippen LogP contribution in [0.3, 0.4) is 0 Å². The van der Waals surface area contributed by atoms with E-state index in [9.17, 15) is 9.18 Å². The van der Waals surface area contributed by atoms with Gasteiger partial charge in [0.15, 0.2) is 5.78 Å². The lowest BCUT2D eigenvalue weighted by atomic mass is 9.83. The molecule has 1 aromatic rings. The van der Waals surface area contributed by atoms with Crippen molar-refractivity contribution >= 4 is 5.78 Å². The monoisotopic (exact) mass is 248 g/mol. The highest BCUT2D eigenvalue weighted by Gasteiger charge is 2.43. The fraction of sp³-hybridized carbons (Fsp3) is 0.533. The smallest absolute Gasteiger partial charge is 0.170 e. The number of carbonyl (C=O) groups excluding carboxylic acids is 1. The predicted molar refractivity (Wildman–Crippen MR) is 66.2 cm³/mol. The lowest BCUT2D eigenvalue weighted by Crippen LogP contribution is -2.21. The normalized spacial score (nSPS) is 29.6. The summed E-state index contributed by atoms with van der Waals surface area (Å²) in [5.41, 5.74) is 0.412. The average Bonchev–Trinajstić information content (AvgIpc) is 3.00. The molecule has 2 fully saturated rings. The van der Waals surface area contributed by atoms with Crippen LogP contribution in [-0.4, -0.2) is 12.9 Å². The molecule has 2 saturated carbocycles. The van der Waals surface area contributed by atoms with Crippen LogP contribution in [0.5, 0.6) is 5.75 Å². The van der Waals surface area contributed by atoms with Crippen LogP contribution in [0, 0.1) is 23.6 Å². The van der Waals surface area contributed by atoms with Gasteiger partial charge in [0, 0.05) is 5.92 Å². The number of fused-ring (bicyclic) bond motifs is 2. The first-order chi connectivity index (χ1) is 8.69. The van der Waals surface area contributed by atoms with Gasteiger partial charge in [-0.05, 0) is 49.3 Å². The molecule has 18 heavy (non-hydrogen) atoms. The van der Waals surface area contributed by atoms with Gasteiger partial charge in [0.1, 0.15) is 11.6 Å². The van der Waals surface area contributed by atoms with E-state index in [1.807, 2.05) is 0 Å². The Balaban J connectivity index is 1.90. The Bertz CT molecular complexity index is 483. The molecular formula is C15H17FO2. The van der Waals surface area contributed by atoms with Crippen molar-refractivity contribution in [3.8, 4) is 5.75 Å². The first kappa shape index (κ1) is 11.7. The first-order valence-electron chi connectivity index (χ1n) is 6.57. The highest BCUT2D eigenvalue weighted by Crippen LogP contribution is 2.49. The molecule has 2 aliphatic rings. The Kier molecular flexibility index (Phi) is 2.84. The Hall–Kier alpha value is -1.38. The summed E-state index contributed by atoms with van der Waals surface area (Å²) < 4.78 is 18.5. The quantitative estimate of drug-likeness (QED) is 0.766. The van der Waals surface area contributed by atoms with Crippen molar-refractivity contribution in [2.24, 2.45) is 17.8 Å². The van der Waals surface area contributed by atoms with E-state index in [-0.39, 0.29) is 17.5 Å². The third-order valence-electron chi connectivity index (χ3n) is 4.50. The third-order valence-corrected chi connectivity index (χ3v) is 4.50. The van der Waals surface area contributed by atoms with Crippen LogP contribution in [0.2, 0.25) is 0 Å². The van der Waals surface area contributed by atoms with E-state index in [0.29, 0.717) is 23.1 Å². The van der Waals surface area contributed by atoms with Gasteiger partial charge in [0.05, 0.1) is 12.7 Å². The van der Waals surface area contributed by atoms with Crippen LogP contribution >= 0.6 is 0 Å². The van der Waals surface area contributed by atoms with E-state index in [4.69, 9.17) is 4.74 Å². The molecule has 2 nitrogen and oxygen atoms in total. The van der Waals surface area contributed by atoms with Gasteiger partial charge in [-0.15, -0.1) is 0 Å². The maximum absolute atomic E-state index is 13.3. The lowest BCUT2D eigenvalue weighted by Gasteiger charge is -2.21. The van der Waals surface area contributed by atoms with Crippen molar-refractivity contribution in [2.45, 2.75) is 25.7 Å². The van der Waals surface area contributed by atoms with Crippen LogP contribution in [0.15, 0.2) is 18.2 Å². The second-order valence-corrected chi connectivity index (χ2v) is 5.49. The molecule has 0 radical (unpaired) electrons. The molecule has 2 aliphatic carbocycles. The maximum atomic E-state index is 13.3. The molecule has 3 unspecified atom stereocenters. The number of ketones is 1. The largest absolute Gasteiger partial charge is 0.496 e. The molecule has 3 heteroatoms. The molecular weight excluding hydrogens is 231 g/mol. The molecule has 0 aliphatic heterocycles. The summed E-state index contributed by atoms with van der Waals surface area (Å²) in [5.74, 6) is 1.49. The second kappa shape index (κ2) is 4.38. The zero-order chi connectivity index (χ0) is 12.7. The number of halogens is 1. The maximum Gasteiger partial charge on any atom is 0.170 e. The number of hydrogen-bond donors (Lipinski definition) is 0. The number of carbonyl (C=O) groups is 1. The Morgan fingerprint density at radius 2 is 2.17 bits per heavy atom. The van der Waals surface area contributed by atoms with E-state index in [1.54, 1.807) is 0 Å². The second-order valence-electron chi connectivity index (χ2n) is 5.49. The zero-order valence-electron chi connectivity index (χ0n) is 10.5. The molecule has 0 saturated heterocycles. The van der Waals surface area contributed by atoms with Gasteiger partial charge in [-0.1, -0.05) is 6.42 Å². The molecule has 0 N–H and O–H groups in total. The number of benzene rings is 1. The van der Waals surface area contributed by atoms with Gasteiger partial charge in [0.25, 0.3) is 0 Å². The van der Waals surface area contributed by atoms with E-state index in [2.05, 4.69) is 0 Å². The van der Waals surface area contributed by atoms with Crippen LogP contribution in [0.25, 0.3) is 0 Å². The molecule has 0 aromatic heterocycles. The lowest BCUT2D eigenvalue weighted by molar-refractivity contribution is 0.0871. The Morgan fingerprint density at radius 1 is 1.33 bits per heavy atom. The summed E-state index contributed by atoms with van der Waals surface area (Å²) in [6.07, 6.45) is 4.56. The van der Waals surface area contributed by atoms with Gasteiger partial charge >= 0.3 is 0 Å². The Morgan fingerprint density at radius 3 is 2.78 bits per heavy atom. The fourth-order valence-corrected chi connectivity index (χ4v) is 3.64. The average molecular weight is 248 g/mol. The predicted octanol–water partition coefficient (Wildman–Crippen LogP) is 3.45. The molecule has 3 rings (SSSR count). The first-order valence-corrected chi connectivity index (χ1v) is 6.57. The number of hydrogen-bond acceptors (Lipinski definition) is 2. The van der Waals surface area contributed by atoms with E-state index >= 15 is 0 Å². The van der Waals surface area contributed by atoms with E-state index < -0.39 is 0 Å². The number of Topliss-reactive ketones (excluding diaryl/α,β-unsaturated/α-hetero) is 1. The number of rotatable bonds is 3. The van der Waals surface area contributed by atoms with Crippen molar-refractivity contribution in [3.05, 3.63) is 29.6 Å². The number of ether oxygens (including phenoxy) is 1. The SMILES string of the molecule is COc1ccc(F)cc1C(=O)C1CC2CCC1C2. The summed E-state index contributed by atoms with van der Waals surface area (Å²) in [4.78, 5) is 12.5. The fourth-order valence-electron chi connectivity index (χ4n) is 3.64. The standard InChI is InChI=1S/C15H17FO2/c1-18-14-5-4-11(16)8-13(14)15(17)12-7-9-2-3-10(12)6-9/h4-5,8-10,12H,2-3,6-7H2,1H3. The molecule has 3 atom stereocenters. The number of methoxy groups -OCH3 is 1. The van der Waals surface area contributed by atoms with Crippen LogP contribution in [0.4, 0.5) is 4.39 Å². The molecule has 1 aromatic carbocycles.